The van der Waals surface area contributed by atoms with Crippen LogP contribution in [0.1, 0.15) is 35.6 Å². The van der Waals surface area contributed by atoms with Crippen LogP contribution in [0.2, 0.25) is 0 Å². The number of phenolic OH excluding ortho intramolecular Hbond substituents is 1. The van der Waals surface area contributed by atoms with Crippen LogP contribution in [-0.4, -0.2) is 15.8 Å². The highest BCUT2D eigenvalue weighted by Crippen LogP contribution is 2.32. The zero-order valence-corrected chi connectivity index (χ0v) is 15.7. The first-order valence-electron chi connectivity index (χ1n) is 8.78. The monoisotopic (exact) mass is 363 g/mol. The number of hydrazone groups is 1. The van der Waals surface area contributed by atoms with E-state index in [1.54, 1.807) is 6.07 Å². The van der Waals surface area contributed by atoms with E-state index in [0.29, 0.717) is 5.13 Å². The summed E-state index contributed by atoms with van der Waals surface area (Å²) in [5, 5.41) is 17.2. The van der Waals surface area contributed by atoms with Crippen LogP contribution in [0, 0.1) is 6.92 Å². The number of anilines is 1. The number of phenols is 1. The molecule has 5 heteroatoms. The van der Waals surface area contributed by atoms with E-state index >= 15 is 0 Å². The molecule has 4 nitrogen and oxygen atoms in total. The first-order chi connectivity index (χ1) is 12.6. The Labute approximate surface area is 157 Å². The third-order valence-electron chi connectivity index (χ3n) is 4.77. The maximum atomic E-state index is 10.1. The smallest absolute Gasteiger partial charge is 0.203 e. The minimum absolute atomic E-state index is 0.250. The van der Waals surface area contributed by atoms with Gasteiger partial charge in [-0.15, -0.1) is 11.3 Å². The number of rotatable bonds is 4. The number of aromatic nitrogens is 1. The van der Waals surface area contributed by atoms with Crippen LogP contribution in [0.15, 0.2) is 46.9 Å². The first-order valence-corrected chi connectivity index (χ1v) is 9.66. The van der Waals surface area contributed by atoms with Gasteiger partial charge in [-0.2, -0.15) is 5.10 Å². The van der Waals surface area contributed by atoms with Crippen molar-refractivity contribution in [3.05, 3.63) is 64.0 Å². The average Bonchev–Trinajstić information content (AvgIpc) is 3.28. The van der Waals surface area contributed by atoms with Crippen LogP contribution in [0.25, 0.3) is 11.3 Å². The third-order valence-corrected chi connectivity index (χ3v) is 5.52. The van der Waals surface area contributed by atoms with Crippen molar-refractivity contribution in [2.75, 3.05) is 5.43 Å². The molecule has 26 heavy (non-hydrogen) atoms. The van der Waals surface area contributed by atoms with Gasteiger partial charge in [0, 0.05) is 10.9 Å². The van der Waals surface area contributed by atoms with E-state index in [1.807, 2.05) is 31.4 Å². The molecule has 0 unspecified atom stereocenters. The number of nitrogens with one attached hydrogen (secondary N) is 1. The molecule has 3 aromatic rings. The molecule has 0 bridgehead atoms. The summed E-state index contributed by atoms with van der Waals surface area (Å²) in [4.78, 5) is 4.53. The van der Waals surface area contributed by atoms with Crippen LogP contribution < -0.4 is 5.43 Å². The third kappa shape index (κ3) is 3.35. The first kappa shape index (κ1) is 16.8. The fourth-order valence-electron chi connectivity index (χ4n) is 3.30. The summed E-state index contributed by atoms with van der Waals surface area (Å²) in [6, 6.07) is 12.2. The molecule has 132 valence electrons. The summed E-state index contributed by atoms with van der Waals surface area (Å²) in [7, 11) is 0. The molecule has 0 saturated heterocycles. The molecule has 0 saturated carbocycles. The highest BCUT2D eigenvalue weighted by Gasteiger charge is 2.12. The lowest BCUT2D eigenvalue weighted by Gasteiger charge is -2.05. The van der Waals surface area contributed by atoms with E-state index in [4.69, 9.17) is 0 Å². The molecule has 0 aliphatic heterocycles. The van der Waals surface area contributed by atoms with Crippen LogP contribution in [-0.2, 0) is 12.8 Å². The lowest BCUT2D eigenvalue weighted by atomic mass is 10.0. The molecule has 2 aromatic carbocycles. The van der Waals surface area contributed by atoms with Crippen LogP contribution in [0.5, 0.6) is 5.75 Å². The summed E-state index contributed by atoms with van der Waals surface area (Å²) < 4.78 is 0. The molecular weight excluding hydrogens is 342 g/mol. The molecule has 0 spiro atoms. The summed E-state index contributed by atoms with van der Waals surface area (Å²) in [5.41, 5.74) is 10.6. The highest BCUT2D eigenvalue weighted by atomic mass is 32.1. The number of hydrogen-bond acceptors (Lipinski definition) is 5. The van der Waals surface area contributed by atoms with Gasteiger partial charge in [-0.1, -0.05) is 18.2 Å². The molecule has 4 rings (SSSR count). The van der Waals surface area contributed by atoms with E-state index in [2.05, 4.69) is 33.7 Å². The van der Waals surface area contributed by atoms with E-state index < -0.39 is 0 Å². The quantitative estimate of drug-likeness (QED) is 0.498. The molecule has 2 N–H and O–H groups in total. The Bertz CT molecular complexity index is 991. The predicted molar refractivity (Wildman–Crippen MR) is 108 cm³/mol. The second-order valence-corrected chi connectivity index (χ2v) is 7.56. The van der Waals surface area contributed by atoms with Gasteiger partial charge in [-0.25, -0.2) is 4.98 Å². The number of aromatic hydroxyl groups is 1. The second-order valence-electron chi connectivity index (χ2n) is 6.70. The van der Waals surface area contributed by atoms with E-state index in [9.17, 15) is 5.11 Å². The average molecular weight is 363 g/mol. The van der Waals surface area contributed by atoms with Gasteiger partial charge < -0.3 is 5.11 Å². The highest BCUT2D eigenvalue weighted by molar-refractivity contribution is 7.14. The molecule has 0 atom stereocenters. The molecule has 1 heterocycles. The number of nitrogens with zero attached hydrogens (tertiary/aromatic N) is 2. The topological polar surface area (TPSA) is 57.5 Å². The van der Waals surface area contributed by atoms with Crippen molar-refractivity contribution in [2.24, 2.45) is 5.10 Å². The Kier molecular flexibility index (Phi) is 4.47. The number of aryl methyl sites for hydroxylation is 3. The second kappa shape index (κ2) is 6.92. The van der Waals surface area contributed by atoms with E-state index in [-0.39, 0.29) is 5.75 Å². The Morgan fingerprint density at radius 1 is 1.15 bits per heavy atom. The Hall–Kier alpha value is -2.66. The molecule has 1 aromatic heterocycles. The summed E-state index contributed by atoms with van der Waals surface area (Å²) in [5.74, 6) is 0.250. The van der Waals surface area contributed by atoms with Gasteiger partial charge in [-0.3, -0.25) is 5.43 Å². The lowest BCUT2D eigenvalue weighted by molar-refractivity contribution is 0.477. The normalized spacial score (nSPS) is 13.7. The van der Waals surface area contributed by atoms with Crippen molar-refractivity contribution in [1.29, 1.82) is 0 Å². The van der Waals surface area contributed by atoms with Crippen LogP contribution in [0.4, 0.5) is 5.13 Å². The molecule has 0 radical (unpaired) electrons. The molecule has 0 amide bonds. The summed E-state index contributed by atoms with van der Waals surface area (Å²) >= 11 is 1.47. The molecule has 1 aliphatic carbocycles. The minimum atomic E-state index is 0.250. The molecular formula is C21H21N3OS. The van der Waals surface area contributed by atoms with Gasteiger partial charge in [0.1, 0.15) is 5.75 Å². The predicted octanol–water partition coefficient (Wildman–Crippen LogP) is 5.15. The van der Waals surface area contributed by atoms with Gasteiger partial charge in [-0.05, 0) is 73.6 Å². The fourth-order valence-corrected chi connectivity index (χ4v) is 3.95. The maximum absolute atomic E-state index is 10.1. The number of hydrogen-bond donors (Lipinski definition) is 2. The fraction of sp³-hybridized carbons (Fsp3) is 0.238. The zero-order valence-electron chi connectivity index (χ0n) is 14.9. The summed E-state index contributed by atoms with van der Waals surface area (Å²) in [6.45, 7) is 3.96. The Morgan fingerprint density at radius 3 is 2.85 bits per heavy atom. The van der Waals surface area contributed by atoms with Gasteiger partial charge in [0.25, 0.3) is 0 Å². The number of thiazole rings is 1. The van der Waals surface area contributed by atoms with E-state index in [0.717, 1.165) is 28.1 Å². The SMILES string of the molecule is C/C(=N\Nc1nc(-c2ccc(C)cc2O)cs1)c1ccc2c(c1)CCC2. The van der Waals surface area contributed by atoms with Crippen LogP contribution in [0.3, 0.4) is 0 Å². The van der Waals surface area contributed by atoms with E-state index in [1.165, 1.54) is 41.7 Å². The van der Waals surface area contributed by atoms with Crippen molar-refractivity contribution >= 4 is 22.2 Å². The van der Waals surface area contributed by atoms with Crippen molar-refractivity contribution in [3.63, 3.8) is 0 Å². The van der Waals surface area contributed by atoms with Crippen molar-refractivity contribution < 1.29 is 5.11 Å². The Balaban J connectivity index is 1.51. The zero-order chi connectivity index (χ0) is 18.1. The number of fused-ring (bicyclic) bond motifs is 1. The standard InChI is InChI=1S/C21H21N3OS/c1-13-6-9-18(20(25)10-13)19-12-26-21(22-19)24-23-14(2)16-8-7-15-4-3-5-17(15)11-16/h6-12,25H,3-5H2,1-2H3,(H,22,24)/b23-14+. The van der Waals surface area contributed by atoms with Crippen molar-refractivity contribution in [2.45, 2.75) is 33.1 Å². The lowest BCUT2D eigenvalue weighted by Crippen LogP contribution is -2.00. The van der Waals surface area contributed by atoms with Gasteiger partial charge >= 0.3 is 0 Å². The van der Waals surface area contributed by atoms with Gasteiger partial charge in [0.05, 0.1) is 11.4 Å². The van der Waals surface area contributed by atoms with Crippen molar-refractivity contribution in [3.8, 4) is 17.0 Å². The Morgan fingerprint density at radius 2 is 2.00 bits per heavy atom. The maximum Gasteiger partial charge on any atom is 0.203 e. The van der Waals surface area contributed by atoms with Gasteiger partial charge in [0.2, 0.25) is 5.13 Å². The molecule has 0 fully saturated rings. The van der Waals surface area contributed by atoms with Crippen molar-refractivity contribution in [1.82, 2.24) is 4.98 Å². The van der Waals surface area contributed by atoms with Crippen LogP contribution >= 0.6 is 11.3 Å². The minimum Gasteiger partial charge on any atom is -0.507 e. The number of benzene rings is 2. The molecule has 1 aliphatic rings. The van der Waals surface area contributed by atoms with Gasteiger partial charge in [0.15, 0.2) is 0 Å². The largest absolute Gasteiger partial charge is 0.507 e. The summed E-state index contributed by atoms with van der Waals surface area (Å²) in [6.07, 6.45) is 3.61.